The molecule has 1 heterocycles. The molecule has 1 aliphatic carbocycles. The number of H-pyrrole nitrogens is 1. The molecular formula is C41H66N6O5. The van der Waals surface area contributed by atoms with Crippen molar-refractivity contribution in [1.29, 1.82) is 0 Å². The Kier molecular flexibility index (Phi) is 19.3. The van der Waals surface area contributed by atoms with Crippen LogP contribution in [0, 0.1) is 23.7 Å². The normalized spacial score (nSPS) is 17.8. The standard InChI is InChI=1S/C41H66N6O5/c1-6-9-20-52-26-34(42)39(49)35(8-3)46-36(22-30-18-14-11-15-19-30)41(51)47-37(23-31-24-43-27-45-31)40(50)44-25-38(48)33(32(7-2)28(4)5)21-29-16-12-10-13-17-29/h7,11,14-15,18-19,24,27-29,32-38,46,48H,2,6,8-10,12-13,16-17,20-23,25-26,42H2,1,3-5H3,(H,43,45)(H,44,50)(H,47,51)/t32-,33+,34+,35?,36-,37+,38-/m1/s1. The number of hydrogen-bond donors (Lipinski definition) is 6. The zero-order valence-electron chi connectivity index (χ0n) is 32.0. The van der Waals surface area contributed by atoms with Crippen molar-refractivity contribution in [2.45, 2.75) is 129 Å². The molecule has 0 spiro atoms. The summed E-state index contributed by atoms with van der Waals surface area (Å²) in [5.41, 5.74) is 7.75. The third-order valence-electron chi connectivity index (χ3n) is 10.5. The van der Waals surface area contributed by atoms with Crippen molar-refractivity contribution in [3.05, 3.63) is 66.8 Å². The summed E-state index contributed by atoms with van der Waals surface area (Å²) in [6.45, 7) is 13.0. The zero-order valence-corrected chi connectivity index (χ0v) is 32.0. The van der Waals surface area contributed by atoms with Crippen LogP contribution in [-0.2, 0) is 32.0 Å². The number of aromatic nitrogens is 2. The fraction of sp³-hybridized carbons (Fsp3) is 0.659. The number of Topliss-reactive ketones (excluding diaryl/α,β-unsaturated/α-hetero) is 1. The van der Waals surface area contributed by atoms with Gasteiger partial charge in [-0.3, -0.25) is 19.7 Å². The van der Waals surface area contributed by atoms with Crippen molar-refractivity contribution in [3.8, 4) is 0 Å². The summed E-state index contributed by atoms with van der Waals surface area (Å²) in [6, 6.07) is 6.18. The smallest absolute Gasteiger partial charge is 0.243 e. The number of ether oxygens (including phenoxy) is 1. The van der Waals surface area contributed by atoms with Gasteiger partial charge in [-0.05, 0) is 54.9 Å². The summed E-state index contributed by atoms with van der Waals surface area (Å²) in [4.78, 5) is 48.7. The number of unbranched alkanes of at least 4 members (excludes halogenated alkanes) is 1. The second kappa shape index (κ2) is 23.3. The summed E-state index contributed by atoms with van der Waals surface area (Å²) < 4.78 is 5.62. The fourth-order valence-corrected chi connectivity index (χ4v) is 7.41. The van der Waals surface area contributed by atoms with Gasteiger partial charge in [0.05, 0.1) is 42.9 Å². The molecule has 11 nitrogen and oxygen atoms in total. The third-order valence-corrected chi connectivity index (χ3v) is 10.5. The Bertz CT molecular complexity index is 1320. The van der Waals surface area contributed by atoms with Crippen LogP contribution in [0.4, 0.5) is 0 Å². The lowest BCUT2D eigenvalue weighted by molar-refractivity contribution is -0.131. The molecule has 7 N–H and O–H groups in total. The molecule has 0 aliphatic heterocycles. The largest absolute Gasteiger partial charge is 0.391 e. The molecule has 1 fully saturated rings. The molecule has 1 aromatic heterocycles. The molecule has 52 heavy (non-hydrogen) atoms. The number of hydrogen-bond acceptors (Lipinski definition) is 8. The number of nitrogens with one attached hydrogen (secondary N) is 4. The number of imidazole rings is 1. The van der Waals surface area contributed by atoms with Crippen molar-refractivity contribution in [2.24, 2.45) is 29.4 Å². The molecule has 2 aromatic rings. The van der Waals surface area contributed by atoms with E-state index in [1.54, 1.807) is 6.20 Å². The van der Waals surface area contributed by atoms with E-state index < -0.39 is 42.1 Å². The average Bonchev–Trinajstić information content (AvgIpc) is 3.67. The number of ketones is 1. The molecule has 2 amide bonds. The first-order chi connectivity index (χ1) is 25.1. The number of aromatic amines is 1. The van der Waals surface area contributed by atoms with Gasteiger partial charge in [-0.2, -0.15) is 0 Å². The van der Waals surface area contributed by atoms with Gasteiger partial charge in [0.1, 0.15) is 6.04 Å². The maximum atomic E-state index is 14.1. The summed E-state index contributed by atoms with van der Waals surface area (Å²) in [6.07, 6.45) is 14.0. The number of amides is 2. The number of allylic oxidation sites excluding steroid dienone is 1. The van der Waals surface area contributed by atoms with Gasteiger partial charge in [0.15, 0.2) is 5.78 Å². The van der Waals surface area contributed by atoms with Crippen molar-refractivity contribution in [1.82, 2.24) is 25.9 Å². The molecule has 11 heteroatoms. The number of benzene rings is 1. The monoisotopic (exact) mass is 723 g/mol. The molecule has 1 aliphatic rings. The van der Waals surface area contributed by atoms with Crippen LogP contribution in [0.15, 0.2) is 55.5 Å². The van der Waals surface area contributed by atoms with Gasteiger partial charge in [0.2, 0.25) is 11.8 Å². The van der Waals surface area contributed by atoms with E-state index in [1.165, 1.54) is 25.6 Å². The van der Waals surface area contributed by atoms with E-state index in [4.69, 9.17) is 10.5 Å². The molecule has 0 radical (unpaired) electrons. The Morgan fingerprint density at radius 3 is 2.40 bits per heavy atom. The quantitative estimate of drug-likeness (QED) is 0.0635. The van der Waals surface area contributed by atoms with E-state index in [9.17, 15) is 19.5 Å². The van der Waals surface area contributed by atoms with E-state index in [1.807, 2.05) is 43.3 Å². The maximum Gasteiger partial charge on any atom is 0.243 e. The first kappa shape index (κ1) is 43.0. The van der Waals surface area contributed by atoms with Crippen molar-refractivity contribution >= 4 is 17.6 Å². The topological polar surface area (TPSA) is 171 Å². The Labute approximate surface area is 311 Å². The Balaban J connectivity index is 1.78. The van der Waals surface area contributed by atoms with Gasteiger partial charge in [0, 0.05) is 25.8 Å². The summed E-state index contributed by atoms with van der Waals surface area (Å²) in [7, 11) is 0. The molecule has 3 rings (SSSR count). The van der Waals surface area contributed by atoms with Crippen LogP contribution >= 0.6 is 0 Å². The van der Waals surface area contributed by atoms with Crippen LogP contribution in [0.1, 0.15) is 96.7 Å². The number of nitrogens with two attached hydrogens (primary N) is 1. The fourth-order valence-electron chi connectivity index (χ4n) is 7.41. The molecule has 1 unspecified atom stereocenters. The van der Waals surface area contributed by atoms with E-state index in [0.717, 1.165) is 37.7 Å². The molecule has 7 atom stereocenters. The highest BCUT2D eigenvalue weighted by atomic mass is 16.5. The molecule has 1 aromatic carbocycles. The first-order valence-corrected chi connectivity index (χ1v) is 19.6. The molecule has 1 saturated carbocycles. The van der Waals surface area contributed by atoms with Crippen molar-refractivity contribution < 1.29 is 24.2 Å². The van der Waals surface area contributed by atoms with Crippen molar-refractivity contribution in [2.75, 3.05) is 19.8 Å². The highest BCUT2D eigenvalue weighted by Gasteiger charge is 2.34. The predicted octanol–water partition coefficient (Wildman–Crippen LogP) is 4.65. The third kappa shape index (κ3) is 14.2. The number of rotatable bonds is 25. The minimum absolute atomic E-state index is 0.0494. The predicted molar refractivity (Wildman–Crippen MR) is 206 cm³/mol. The number of carbonyl (C=O) groups is 3. The number of carbonyl (C=O) groups excluding carboxylic acids is 3. The van der Waals surface area contributed by atoms with Gasteiger partial charge in [-0.15, -0.1) is 6.58 Å². The molecule has 0 bridgehead atoms. The highest BCUT2D eigenvalue weighted by molar-refractivity contribution is 5.92. The Hall–Kier alpha value is -3.38. The molecule has 0 saturated heterocycles. The van der Waals surface area contributed by atoms with Gasteiger partial charge in [-0.1, -0.05) is 103 Å². The minimum Gasteiger partial charge on any atom is -0.391 e. The van der Waals surface area contributed by atoms with E-state index in [0.29, 0.717) is 30.6 Å². The Morgan fingerprint density at radius 1 is 1.06 bits per heavy atom. The second-order valence-corrected chi connectivity index (χ2v) is 14.9. The van der Waals surface area contributed by atoms with Gasteiger partial charge >= 0.3 is 0 Å². The van der Waals surface area contributed by atoms with Crippen LogP contribution < -0.4 is 21.7 Å². The first-order valence-electron chi connectivity index (χ1n) is 19.6. The SMILES string of the molecule is C=C[C@H](C(C)C)[C@H](CC1CCCCC1)[C@H](O)CNC(=O)[C@H](Cc1c[nH]cn1)NC(=O)[C@@H](Cc1ccccc1)NC(CC)C(=O)[C@@H](N)COCCCC. The zero-order chi connectivity index (χ0) is 37.9. The molecular weight excluding hydrogens is 656 g/mol. The summed E-state index contributed by atoms with van der Waals surface area (Å²) >= 11 is 0. The number of aliphatic hydroxyl groups excluding tert-OH is 1. The lowest BCUT2D eigenvalue weighted by Crippen LogP contribution is -2.58. The van der Waals surface area contributed by atoms with E-state index >= 15 is 0 Å². The highest BCUT2D eigenvalue weighted by Crippen LogP contribution is 2.36. The average molecular weight is 723 g/mol. The minimum atomic E-state index is -0.981. The van der Waals surface area contributed by atoms with E-state index in [2.05, 4.69) is 53.3 Å². The van der Waals surface area contributed by atoms with Crippen LogP contribution in [-0.4, -0.2) is 82.7 Å². The summed E-state index contributed by atoms with van der Waals surface area (Å²) in [5, 5.41) is 20.8. The van der Waals surface area contributed by atoms with Crippen LogP contribution in [0.2, 0.25) is 0 Å². The lowest BCUT2D eigenvalue weighted by atomic mass is 9.72. The van der Waals surface area contributed by atoms with Crippen LogP contribution in [0.3, 0.4) is 0 Å². The van der Waals surface area contributed by atoms with Crippen molar-refractivity contribution in [3.63, 3.8) is 0 Å². The van der Waals surface area contributed by atoms with E-state index in [-0.39, 0.29) is 43.6 Å². The second-order valence-electron chi connectivity index (χ2n) is 14.9. The van der Waals surface area contributed by atoms with Gasteiger partial charge in [0.25, 0.3) is 0 Å². The number of aliphatic hydroxyl groups is 1. The van der Waals surface area contributed by atoms with Gasteiger partial charge in [-0.25, -0.2) is 4.98 Å². The van der Waals surface area contributed by atoms with Crippen LogP contribution in [0.5, 0.6) is 0 Å². The maximum absolute atomic E-state index is 14.1. The Morgan fingerprint density at radius 2 is 1.79 bits per heavy atom. The summed E-state index contributed by atoms with van der Waals surface area (Å²) in [5.74, 6) is -0.186. The number of nitrogens with zero attached hydrogens (tertiary/aromatic N) is 1. The lowest BCUT2D eigenvalue weighted by Gasteiger charge is -2.35. The van der Waals surface area contributed by atoms with Gasteiger partial charge < -0.3 is 31.2 Å². The van der Waals surface area contributed by atoms with Crippen LogP contribution in [0.25, 0.3) is 0 Å². The molecule has 290 valence electrons.